The smallest absolute Gasteiger partial charge is 0.410 e. The van der Waals surface area contributed by atoms with Gasteiger partial charge < -0.3 is 23.9 Å². The second kappa shape index (κ2) is 11.6. The van der Waals surface area contributed by atoms with E-state index in [-0.39, 0.29) is 13.0 Å². The minimum atomic E-state index is -1.09. The zero-order valence-corrected chi connectivity index (χ0v) is 20.6. The highest BCUT2D eigenvalue weighted by molar-refractivity contribution is 5.91. The normalized spacial score (nSPS) is 15.7. The summed E-state index contributed by atoms with van der Waals surface area (Å²) in [6.45, 7) is 0.449. The van der Waals surface area contributed by atoms with E-state index >= 15 is 0 Å². The summed E-state index contributed by atoms with van der Waals surface area (Å²) in [4.78, 5) is 52.1. The average molecular weight is 509 g/mol. The van der Waals surface area contributed by atoms with Crippen molar-refractivity contribution in [1.29, 1.82) is 0 Å². The number of likely N-dealkylation sites (tertiary alicyclic amines) is 1. The van der Waals surface area contributed by atoms with E-state index in [1.807, 2.05) is 30.3 Å². The van der Waals surface area contributed by atoms with Gasteiger partial charge in [0.2, 0.25) is 5.91 Å². The largest absolute Gasteiger partial charge is 0.497 e. The number of nitrogens with zero attached hydrogens (tertiary/aromatic N) is 1. The molecule has 2 amide bonds. The summed E-state index contributed by atoms with van der Waals surface area (Å²) in [5.41, 5.74) is 1.02. The number of hydrogen-bond acceptors (Lipinski definition) is 8. The van der Waals surface area contributed by atoms with E-state index in [9.17, 15) is 19.2 Å². The van der Waals surface area contributed by atoms with Crippen molar-refractivity contribution in [3.63, 3.8) is 0 Å². The van der Waals surface area contributed by atoms with Gasteiger partial charge in [0.05, 0.1) is 14.2 Å². The zero-order valence-electron chi connectivity index (χ0n) is 20.6. The predicted octanol–water partition coefficient (Wildman–Crippen LogP) is 2.80. The third kappa shape index (κ3) is 6.08. The Balaban J connectivity index is 1.49. The van der Waals surface area contributed by atoms with Crippen molar-refractivity contribution < 1.29 is 33.0 Å². The molecule has 0 bridgehead atoms. The molecule has 0 spiro atoms. The predicted molar refractivity (Wildman–Crippen MR) is 133 cm³/mol. The molecule has 3 aromatic rings. The standard InChI is InChI=1S/C27H28N2O8/c1-34-19-10-11-20-18(14-24(30)37-23(20)15-19)13-21(26(32)35-2)28-25(31)22-9-6-12-29(22)27(33)36-16-17-7-4-3-5-8-17/h3-5,7-8,10-11,14-15,21-22H,6,9,12-13,16H2,1-2H3,(H,28,31)/t21-,22-/m1/s1. The molecule has 1 N–H and O–H groups in total. The molecule has 1 aliphatic rings. The van der Waals surface area contributed by atoms with Crippen molar-refractivity contribution in [3.8, 4) is 5.75 Å². The number of ether oxygens (including phenoxy) is 3. The van der Waals surface area contributed by atoms with E-state index in [2.05, 4.69) is 5.32 Å². The van der Waals surface area contributed by atoms with Gasteiger partial charge >= 0.3 is 17.7 Å². The summed E-state index contributed by atoms with van der Waals surface area (Å²) >= 11 is 0. The Kier molecular flexibility index (Phi) is 8.07. The molecule has 10 nitrogen and oxygen atoms in total. The average Bonchev–Trinajstić information content (AvgIpc) is 3.41. The van der Waals surface area contributed by atoms with Gasteiger partial charge in [-0.15, -0.1) is 0 Å². The lowest BCUT2D eigenvalue weighted by Crippen LogP contribution is -2.51. The first-order valence-corrected chi connectivity index (χ1v) is 11.9. The molecule has 1 aromatic heterocycles. The van der Waals surface area contributed by atoms with Crippen LogP contribution in [0.5, 0.6) is 5.75 Å². The molecule has 1 saturated heterocycles. The highest BCUT2D eigenvalue weighted by Crippen LogP contribution is 2.24. The fourth-order valence-electron chi connectivity index (χ4n) is 4.39. The van der Waals surface area contributed by atoms with E-state index in [4.69, 9.17) is 18.6 Å². The first kappa shape index (κ1) is 25.7. The highest BCUT2D eigenvalue weighted by atomic mass is 16.6. The van der Waals surface area contributed by atoms with Crippen LogP contribution in [-0.2, 0) is 32.1 Å². The van der Waals surface area contributed by atoms with Gasteiger partial charge in [-0.3, -0.25) is 9.69 Å². The Labute approximate surface area is 213 Å². The van der Waals surface area contributed by atoms with Crippen LogP contribution < -0.4 is 15.7 Å². The van der Waals surface area contributed by atoms with Gasteiger partial charge in [0.25, 0.3) is 0 Å². The number of esters is 1. The molecule has 0 unspecified atom stereocenters. The van der Waals surface area contributed by atoms with Gasteiger partial charge in [-0.05, 0) is 36.1 Å². The molecule has 2 atom stereocenters. The molecule has 1 aliphatic heterocycles. The van der Waals surface area contributed by atoms with E-state index in [1.54, 1.807) is 18.2 Å². The number of fused-ring (bicyclic) bond motifs is 1. The molecule has 4 rings (SSSR count). The number of methoxy groups -OCH3 is 2. The highest BCUT2D eigenvalue weighted by Gasteiger charge is 2.37. The SMILES string of the molecule is COC(=O)[C@@H](Cc1cc(=O)oc2cc(OC)ccc12)NC(=O)[C@H]1CCCN1C(=O)OCc1ccccc1. The summed E-state index contributed by atoms with van der Waals surface area (Å²) in [6, 6.07) is 13.6. The number of benzene rings is 2. The van der Waals surface area contributed by atoms with E-state index in [0.717, 1.165) is 5.56 Å². The van der Waals surface area contributed by atoms with Crippen LogP contribution in [0.15, 0.2) is 63.8 Å². The topological polar surface area (TPSA) is 124 Å². The molecule has 0 aliphatic carbocycles. The van der Waals surface area contributed by atoms with Gasteiger partial charge in [0.1, 0.15) is 30.0 Å². The van der Waals surface area contributed by atoms with Gasteiger partial charge in [-0.1, -0.05) is 30.3 Å². The maximum absolute atomic E-state index is 13.2. The molecule has 2 aromatic carbocycles. The summed E-state index contributed by atoms with van der Waals surface area (Å²) < 4.78 is 20.8. The van der Waals surface area contributed by atoms with Crippen molar-refractivity contribution in [1.82, 2.24) is 10.2 Å². The Morgan fingerprint density at radius 1 is 1.11 bits per heavy atom. The monoisotopic (exact) mass is 508 g/mol. The Morgan fingerprint density at radius 2 is 1.89 bits per heavy atom. The maximum Gasteiger partial charge on any atom is 0.410 e. The van der Waals surface area contributed by atoms with Gasteiger partial charge in [-0.2, -0.15) is 0 Å². The molecular formula is C27H28N2O8. The van der Waals surface area contributed by atoms with Crippen molar-refractivity contribution in [3.05, 3.63) is 76.1 Å². The minimum Gasteiger partial charge on any atom is -0.497 e. The first-order chi connectivity index (χ1) is 17.9. The van der Waals surface area contributed by atoms with Gasteiger partial charge in [-0.25, -0.2) is 14.4 Å². The Morgan fingerprint density at radius 3 is 2.62 bits per heavy atom. The molecule has 194 valence electrons. The second-order valence-electron chi connectivity index (χ2n) is 8.63. The fraction of sp³-hybridized carbons (Fsp3) is 0.333. The summed E-state index contributed by atoms with van der Waals surface area (Å²) in [6.07, 6.45) is 0.431. The van der Waals surface area contributed by atoms with Crippen LogP contribution in [0.2, 0.25) is 0 Å². The summed E-state index contributed by atoms with van der Waals surface area (Å²) in [5.74, 6) is -0.677. The molecule has 0 saturated carbocycles. The quantitative estimate of drug-likeness (QED) is 0.364. The minimum absolute atomic E-state index is 0.0159. The lowest BCUT2D eigenvalue weighted by molar-refractivity contribution is -0.145. The zero-order chi connectivity index (χ0) is 26.4. The lowest BCUT2D eigenvalue weighted by atomic mass is 10.0. The van der Waals surface area contributed by atoms with Crippen LogP contribution in [0.4, 0.5) is 4.79 Å². The van der Waals surface area contributed by atoms with Crippen LogP contribution in [-0.4, -0.2) is 55.7 Å². The van der Waals surface area contributed by atoms with Crippen LogP contribution in [0.25, 0.3) is 11.0 Å². The number of carbonyl (C=O) groups is 3. The van der Waals surface area contributed by atoms with Crippen LogP contribution in [0.1, 0.15) is 24.0 Å². The van der Waals surface area contributed by atoms with Gasteiger partial charge in [0.15, 0.2) is 0 Å². The lowest BCUT2D eigenvalue weighted by Gasteiger charge is -2.25. The summed E-state index contributed by atoms with van der Waals surface area (Å²) in [5, 5.41) is 3.30. The van der Waals surface area contributed by atoms with Crippen molar-refractivity contribution >= 4 is 28.9 Å². The Hall–Kier alpha value is -4.34. The molecular weight excluding hydrogens is 480 g/mol. The third-order valence-electron chi connectivity index (χ3n) is 6.26. The number of rotatable bonds is 8. The van der Waals surface area contributed by atoms with Crippen molar-refractivity contribution in [2.24, 2.45) is 0 Å². The van der Waals surface area contributed by atoms with Gasteiger partial charge in [0, 0.05) is 30.5 Å². The van der Waals surface area contributed by atoms with E-state index in [1.165, 1.54) is 25.2 Å². The second-order valence-corrected chi connectivity index (χ2v) is 8.63. The molecule has 1 fully saturated rings. The number of hydrogen-bond donors (Lipinski definition) is 1. The number of nitrogens with one attached hydrogen (secondary N) is 1. The maximum atomic E-state index is 13.2. The van der Waals surface area contributed by atoms with E-state index < -0.39 is 35.7 Å². The molecule has 0 radical (unpaired) electrons. The van der Waals surface area contributed by atoms with Crippen LogP contribution in [0.3, 0.4) is 0 Å². The van der Waals surface area contributed by atoms with Crippen molar-refractivity contribution in [2.75, 3.05) is 20.8 Å². The van der Waals surface area contributed by atoms with E-state index in [0.29, 0.717) is 41.7 Å². The molecule has 10 heteroatoms. The Bertz CT molecular complexity index is 1340. The molecule has 37 heavy (non-hydrogen) atoms. The summed E-state index contributed by atoms with van der Waals surface area (Å²) in [7, 11) is 2.71. The van der Waals surface area contributed by atoms with Crippen LogP contribution in [0, 0.1) is 0 Å². The number of amides is 2. The van der Waals surface area contributed by atoms with Crippen molar-refractivity contribution in [2.45, 2.75) is 38.0 Å². The fourth-order valence-corrected chi connectivity index (χ4v) is 4.39. The third-order valence-corrected chi connectivity index (χ3v) is 6.26. The molecule has 2 heterocycles. The number of carbonyl (C=O) groups excluding carboxylic acids is 3. The van der Waals surface area contributed by atoms with Crippen LogP contribution >= 0.6 is 0 Å². The first-order valence-electron chi connectivity index (χ1n) is 11.9.